The first-order valence-corrected chi connectivity index (χ1v) is 7.03. The molecule has 0 bridgehead atoms. The van der Waals surface area contributed by atoms with Crippen LogP contribution in [0, 0.1) is 17.0 Å². The number of hydrogen-bond donors (Lipinski definition) is 2. The van der Waals surface area contributed by atoms with Crippen molar-refractivity contribution in [1.82, 2.24) is 10.6 Å². The maximum Gasteiger partial charge on any atom is 0.272 e. The molecule has 1 rings (SSSR count). The molecule has 0 radical (unpaired) electrons. The lowest BCUT2D eigenvalue weighted by Crippen LogP contribution is -2.45. The lowest BCUT2D eigenvalue weighted by Gasteiger charge is -2.21. The van der Waals surface area contributed by atoms with E-state index in [-0.39, 0.29) is 34.6 Å². The molecule has 1 aromatic rings. The van der Waals surface area contributed by atoms with Crippen LogP contribution in [0.2, 0.25) is 0 Å². The second-order valence-corrected chi connectivity index (χ2v) is 5.58. The summed E-state index contributed by atoms with van der Waals surface area (Å²) in [7, 11) is 0. The van der Waals surface area contributed by atoms with Crippen LogP contribution >= 0.6 is 0 Å². The minimum Gasteiger partial charge on any atom is -0.353 e. The quantitative estimate of drug-likeness (QED) is 0.623. The van der Waals surface area contributed by atoms with Crippen LogP contribution in [0.5, 0.6) is 0 Å². The van der Waals surface area contributed by atoms with Gasteiger partial charge in [-0.15, -0.1) is 0 Å². The van der Waals surface area contributed by atoms with E-state index in [9.17, 15) is 14.9 Å². The van der Waals surface area contributed by atoms with Gasteiger partial charge in [-0.05, 0) is 40.2 Å². The fourth-order valence-electron chi connectivity index (χ4n) is 2.05. The van der Waals surface area contributed by atoms with Crippen LogP contribution in [0.1, 0.15) is 44.9 Å². The van der Waals surface area contributed by atoms with Gasteiger partial charge in [-0.3, -0.25) is 20.2 Å². The van der Waals surface area contributed by atoms with Crippen LogP contribution in [0.15, 0.2) is 18.2 Å². The zero-order chi connectivity index (χ0) is 16.2. The van der Waals surface area contributed by atoms with Gasteiger partial charge in [-0.25, -0.2) is 0 Å². The molecule has 0 spiro atoms. The van der Waals surface area contributed by atoms with E-state index in [0.29, 0.717) is 5.56 Å². The normalized spacial score (nSPS) is 13.8. The average molecular weight is 293 g/mol. The molecule has 6 nitrogen and oxygen atoms in total. The molecule has 0 fully saturated rings. The van der Waals surface area contributed by atoms with Crippen molar-refractivity contribution in [3.05, 3.63) is 39.4 Å². The van der Waals surface area contributed by atoms with Gasteiger partial charge in [0.15, 0.2) is 0 Å². The first-order valence-electron chi connectivity index (χ1n) is 7.03. The van der Waals surface area contributed by atoms with E-state index in [1.807, 2.05) is 26.8 Å². The van der Waals surface area contributed by atoms with Crippen LogP contribution in [0.25, 0.3) is 0 Å². The molecule has 21 heavy (non-hydrogen) atoms. The number of carbonyl (C=O) groups excluding carboxylic acids is 1. The predicted molar refractivity (Wildman–Crippen MR) is 82.1 cm³/mol. The average Bonchev–Trinajstić information content (AvgIpc) is 2.37. The molecule has 0 saturated heterocycles. The number of hydrogen-bond acceptors (Lipinski definition) is 4. The molecule has 6 heteroatoms. The summed E-state index contributed by atoms with van der Waals surface area (Å²) in [4.78, 5) is 22.4. The number of nitro benzene ring substituents is 1. The second kappa shape index (κ2) is 7.17. The van der Waals surface area contributed by atoms with Crippen molar-refractivity contribution < 1.29 is 9.72 Å². The van der Waals surface area contributed by atoms with Crippen LogP contribution in [-0.2, 0) is 4.79 Å². The third-order valence-corrected chi connectivity index (χ3v) is 3.25. The molecule has 2 unspecified atom stereocenters. The fourth-order valence-corrected chi connectivity index (χ4v) is 2.05. The van der Waals surface area contributed by atoms with Gasteiger partial charge in [-0.2, -0.15) is 0 Å². The summed E-state index contributed by atoms with van der Waals surface area (Å²) in [6, 6.07) is 4.68. The minimum atomic E-state index is -0.388. The third kappa shape index (κ3) is 4.82. The first kappa shape index (κ1) is 17.1. The molecule has 0 aliphatic rings. The summed E-state index contributed by atoms with van der Waals surface area (Å²) in [6.45, 7) is 9.16. The van der Waals surface area contributed by atoms with Crippen molar-refractivity contribution in [3.8, 4) is 0 Å². The van der Waals surface area contributed by atoms with Crippen LogP contribution in [0.3, 0.4) is 0 Å². The highest BCUT2D eigenvalue weighted by Gasteiger charge is 2.19. The third-order valence-electron chi connectivity index (χ3n) is 3.25. The van der Waals surface area contributed by atoms with Crippen molar-refractivity contribution in [1.29, 1.82) is 0 Å². The smallest absolute Gasteiger partial charge is 0.272 e. The van der Waals surface area contributed by atoms with Gasteiger partial charge in [0.1, 0.15) is 0 Å². The Kier molecular flexibility index (Phi) is 5.84. The maximum atomic E-state index is 11.9. The molecule has 116 valence electrons. The summed E-state index contributed by atoms with van der Waals surface area (Å²) in [5.41, 5.74) is 1.51. The number of nitrogens with zero attached hydrogens (tertiary/aromatic N) is 1. The van der Waals surface area contributed by atoms with E-state index in [4.69, 9.17) is 0 Å². The van der Waals surface area contributed by atoms with E-state index in [2.05, 4.69) is 10.6 Å². The van der Waals surface area contributed by atoms with Crippen molar-refractivity contribution in [2.45, 2.75) is 52.7 Å². The number of benzene rings is 1. The lowest BCUT2D eigenvalue weighted by molar-refractivity contribution is -0.385. The Labute approximate surface area is 125 Å². The molecule has 2 N–H and O–H groups in total. The molecule has 0 saturated carbocycles. The highest BCUT2D eigenvalue weighted by atomic mass is 16.6. The highest BCUT2D eigenvalue weighted by molar-refractivity contribution is 5.81. The van der Waals surface area contributed by atoms with Crippen LogP contribution < -0.4 is 10.6 Å². The number of aryl methyl sites for hydroxylation is 1. The van der Waals surface area contributed by atoms with Crippen molar-refractivity contribution in [2.75, 3.05) is 0 Å². The largest absolute Gasteiger partial charge is 0.353 e. The second-order valence-electron chi connectivity index (χ2n) is 5.58. The van der Waals surface area contributed by atoms with Crippen molar-refractivity contribution >= 4 is 11.6 Å². The SMILES string of the molecule is Cc1ccc(C(C)NC(C)C(=O)NC(C)C)cc1[N+](=O)[O-]. The number of amides is 1. The molecule has 2 atom stereocenters. The minimum absolute atomic E-state index is 0.0810. The Morgan fingerprint density at radius 3 is 2.38 bits per heavy atom. The molecule has 0 aliphatic heterocycles. The Morgan fingerprint density at radius 1 is 1.24 bits per heavy atom. The van der Waals surface area contributed by atoms with Gasteiger partial charge in [0.2, 0.25) is 5.91 Å². The standard InChI is InChI=1S/C15H23N3O3/c1-9(2)16-15(19)12(5)17-11(4)13-7-6-10(3)14(8-13)18(20)21/h6-9,11-12,17H,1-5H3,(H,16,19). The summed E-state index contributed by atoms with van der Waals surface area (Å²) in [5, 5.41) is 16.9. The van der Waals surface area contributed by atoms with E-state index >= 15 is 0 Å². The van der Waals surface area contributed by atoms with Crippen molar-refractivity contribution in [2.24, 2.45) is 0 Å². The summed E-state index contributed by atoms with van der Waals surface area (Å²) >= 11 is 0. The number of carbonyl (C=O) groups is 1. The van der Waals surface area contributed by atoms with Crippen LogP contribution in [0.4, 0.5) is 5.69 Å². The van der Waals surface area contributed by atoms with E-state index in [1.54, 1.807) is 26.0 Å². The Hall–Kier alpha value is -1.95. The van der Waals surface area contributed by atoms with E-state index in [1.165, 1.54) is 0 Å². The van der Waals surface area contributed by atoms with Gasteiger partial charge in [-0.1, -0.05) is 12.1 Å². The number of nitro groups is 1. The van der Waals surface area contributed by atoms with Crippen molar-refractivity contribution in [3.63, 3.8) is 0 Å². The van der Waals surface area contributed by atoms with Gasteiger partial charge >= 0.3 is 0 Å². The molecular weight excluding hydrogens is 270 g/mol. The molecule has 0 aliphatic carbocycles. The highest BCUT2D eigenvalue weighted by Crippen LogP contribution is 2.23. The van der Waals surface area contributed by atoms with Gasteiger partial charge < -0.3 is 5.32 Å². The van der Waals surface area contributed by atoms with Gasteiger partial charge in [0.25, 0.3) is 5.69 Å². The first-order chi connectivity index (χ1) is 9.72. The van der Waals surface area contributed by atoms with E-state index < -0.39 is 0 Å². The van der Waals surface area contributed by atoms with Crippen LogP contribution in [-0.4, -0.2) is 22.9 Å². The number of rotatable bonds is 6. The monoisotopic (exact) mass is 293 g/mol. The molecule has 0 heterocycles. The summed E-state index contributed by atoms with van der Waals surface area (Å²) < 4.78 is 0. The Bertz CT molecular complexity index is 529. The lowest BCUT2D eigenvalue weighted by atomic mass is 10.0. The zero-order valence-corrected chi connectivity index (χ0v) is 13.1. The molecule has 1 aromatic carbocycles. The zero-order valence-electron chi connectivity index (χ0n) is 13.1. The molecule has 0 aromatic heterocycles. The summed E-state index contributed by atoms with van der Waals surface area (Å²) in [5.74, 6) is -0.0848. The molecular formula is C15H23N3O3. The molecule has 1 amide bonds. The van der Waals surface area contributed by atoms with E-state index in [0.717, 1.165) is 5.56 Å². The summed E-state index contributed by atoms with van der Waals surface area (Å²) in [6.07, 6.45) is 0. The Balaban J connectivity index is 2.80. The van der Waals surface area contributed by atoms with Gasteiger partial charge in [0.05, 0.1) is 11.0 Å². The fraction of sp³-hybridized carbons (Fsp3) is 0.533. The van der Waals surface area contributed by atoms with Gasteiger partial charge in [0, 0.05) is 23.7 Å². The topological polar surface area (TPSA) is 84.3 Å². The maximum absolute atomic E-state index is 11.9. The Morgan fingerprint density at radius 2 is 1.86 bits per heavy atom. The number of nitrogens with one attached hydrogen (secondary N) is 2. The predicted octanol–water partition coefficient (Wildman–Crippen LogP) is 2.47.